The van der Waals surface area contributed by atoms with Gasteiger partial charge in [-0.05, 0) is 25.7 Å². The predicted octanol–water partition coefficient (Wildman–Crippen LogP) is 3.01. The van der Waals surface area contributed by atoms with E-state index in [0.717, 1.165) is 36.9 Å². The van der Waals surface area contributed by atoms with Crippen molar-refractivity contribution in [2.45, 2.75) is 64.4 Å². The first-order chi connectivity index (χ1) is 9.00. The van der Waals surface area contributed by atoms with Gasteiger partial charge in [-0.15, -0.1) is 0 Å². The van der Waals surface area contributed by atoms with E-state index in [9.17, 15) is 4.79 Å². The average molecular weight is 264 g/mol. The van der Waals surface area contributed by atoms with Crippen LogP contribution in [-0.2, 0) is 10.3 Å². The van der Waals surface area contributed by atoms with Gasteiger partial charge < -0.3 is 9.72 Å². The topological polar surface area (TPSA) is 55.0 Å². The summed E-state index contributed by atoms with van der Waals surface area (Å²) in [5, 5.41) is 0. The van der Waals surface area contributed by atoms with Crippen LogP contribution >= 0.6 is 0 Å². The lowest BCUT2D eigenvalue weighted by Gasteiger charge is -2.35. The van der Waals surface area contributed by atoms with Gasteiger partial charge in [0.15, 0.2) is 0 Å². The van der Waals surface area contributed by atoms with Crippen LogP contribution in [0.5, 0.6) is 0 Å². The molecule has 1 fully saturated rings. The number of H-pyrrole nitrogens is 1. The van der Waals surface area contributed by atoms with E-state index in [0.29, 0.717) is 5.82 Å². The monoisotopic (exact) mass is 264 g/mol. The van der Waals surface area contributed by atoms with Crippen molar-refractivity contribution in [1.29, 1.82) is 0 Å². The highest BCUT2D eigenvalue weighted by Crippen LogP contribution is 2.38. The fourth-order valence-corrected chi connectivity index (χ4v) is 3.15. The zero-order valence-electron chi connectivity index (χ0n) is 12.4. The molecule has 1 heterocycles. The molecule has 0 spiro atoms. The van der Waals surface area contributed by atoms with Crippen molar-refractivity contribution >= 4 is 0 Å². The summed E-state index contributed by atoms with van der Waals surface area (Å²) in [6.45, 7) is 5.96. The molecule has 0 aromatic carbocycles. The summed E-state index contributed by atoms with van der Waals surface area (Å²) in [6.07, 6.45) is 5.36. The van der Waals surface area contributed by atoms with Crippen molar-refractivity contribution in [1.82, 2.24) is 9.97 Å². The number of hydrogen-bond acceptors (Lipinski definition) is 3. The van der Waals surface area contributed by atoms with E-state index in [4.69, 9.17) is 4.74 Å². The van der Waals surface area contributed by atoms with Gasteiger partial charge >= 0.3 is 0 Å². The maximum absolute atomic E-state index is 12.3. The molecule has 0 saturated heterocycles. The zero-order chi connectivity index (χ0) is 14.0. The third-order valence-electron chi connectivity index (χ3n) is 4.21. The summed E-state index contributed by atoms with van der Waals surface area (Å²) in [7, 11) is 1.72. The van der Waals surface area contributed by atoms with Crippen LogP contribution in [0.25, 0.3) is 0 Å². The minimum absolute atomic E-state index is 0.0144. The molecule has 4 nitrogen and oxygen atoms in total. The predicted molar refractivity (Wildman–Crippen MR) is 75.5 cm³/mol. The van der Waals surface area contributed by atoms with Crippen molar-refractivity contribution in [3.8, 4) is 0 Å². The van der Waals surface area contributed by atoms with Gasteiger partial charge in [0.1, 0.15) is 11.4 Å². The molecule has 2 rings (SSSR count). The van der Waals surface area contributed by atoms with E-state index >= 15 is 0 Å². The van der Waals surface area contributed by atoms with Gasteiger partial charge in [0, 0.05) is 18.4 Å². The molecule has 4 heteroatoms. The van der Waals surface area contributed by atoms with Crippen molar-refractivity contribution in [2.24, 2.45) is 0 Å². The lowest BCUT2D eigenvalue weighted by molar-refractivity contribution is -0.0518. The third kappa shape index (κ3) is 2.59. The maximum atomic E-state index is 12.3. The van der Waals surface area contributed by atoms with Crippen LogP contribution in [0, 0.1) is 6.92 Å². The van der Waals surface area contributed by atoms with E-state index in [1.54, 1.807) is 7.11 Å². The van der Waals surface area contributed by atoms with Gasteiger partial charge in [0.25, 0.3) is 5.56 Å². The Bertz CT molecular complexity index is 499. The summed E-state index contributed by atoms with van der Waals surface area (Å²) < 4.78 is 5.74. The van der Waals surface area contributed by atoms with Crippen LogP contribution in [0.4, 0.5) is 0 Å². The number of methoxy groups -OCH3 is 1. The van der Waals surface area contributed by atoms with Crippen molar-refractivity contribution in [2.75, 3.05) is 7.11 Å². The molecule has 0 bridgehead atoms. The first-order valence-corrected chi connectivity index (χ1v) is 7.16. The molecule has 1 aromatic heterocycles. The average Bonchev–Trinajstić information content (AvgIpc) is 2.38. The quantitative estimate of drug-likeness (QED) is 0.913. The number of nitrogens with one attached hydrogen (secondary N) is 1. The molecular formula is C15H24N2O2. The summed E-state index contributed by atoms with van der Waals surface area (Å²) in [5.74, 6) is 0.900. The Morgan fingerprint density at radius 1 is 1.26 bits per heavy atom. The molecule has 0 unspecified atom stereocenters. The van der Waals surface area contributed by atoms with Crippen LogP contribution in [0.2, 0.25) is 0 Å². The highest BCUT2D eigenvalue weighted by atomic mass is 16.5. The summed E-state index contributed by atoms with van der Waals surface area (Å²) >= 11 is 0. The number of aromatic amines is 1. The minimum Gasteiger partial charge on any atom is -0.370 e. The van der Waals surface area contributed by atoms with Crippen LogP contribution in [-0.4, -0.2) is 17.1 Å². The van der Waals surface area contributed by atoms with E-state index in [1.807, 2.05) is 20.8 Å². The van der Waals surface area contributed by atoms with Gasteiger partial charge in [-0.1, -0.05) is 33.1 Å². The molecule has 0 aliphatic heterocycles. The molecule has 1 saturated carbocycles. The molecule has 1 aromatic rings. The molecule has 0 radical (unpaired) electrons. The fraction of sp³-hybridized carbons (Fsp3) is 0.733. The van der Waals surface area contributed by atoms with Crippen molar-refractivity contribution in [3.63, 3.8) is 0 Å². The minimum atomic E-state index is -0.391. The number of rotatable bonds is 3. The Kier molecular flexibility index (Phi) is 4.09. The van der Waals surface area contributed by atoms with E-state index < -0.39 is 5.60 Å². The Labute approximate surface area is 114 Å². The smallest absolute Gasteiger partial charge is 0.254 e. The van der Waals surface area contributed by atoms with Gasteiger partial charge in [-0.25, -0.2) is 4.98 Å². The Hall–Kier alpha value is -1.16. The second-order valence-electron chi connectivity index (χ2n) is 5.83. The van der Waals surface area contributed by atoms with Crippen LogP contribution in [0.1, 0.15) is 69.0 Å². The molecule has 106 valence electrons. The first-order valence-electron chi connectivity index (χ1n) is 7.16. The molecule has 19 heavy (non-hydrogen) atoms. The number of ether oxygens (including phenoxy) is 1. The molecule has 1 N–H and O–H groups in total. The Balaban J connectivity index is 2.48. The third-order valence-corrected chi connectivity index (χ3v) is 4.21. The van der Waals surface area contributed by atoms with Gasteiger partial charge in [-0.3, -0.25) is 4.79 Å². The number of aryl methyl sites for hydroxylation is 1. The number of hydrogen-bond donors (Lipinski definition) is 1. The van der Waals surface area contributed by atoms with Crippen LogP contribution in [0.3, 0.4) is 0 Å². The van der Waals surface area contributed by atoms with E-state index in [-0.39, 0.29) is 11.5 Å². The normalized spacial score (nSPS) is 18.8. The summed E-state index contributed by atoms with van der Waals surface area (Å²) in [5.41, 5.74) is 1.21. The van der Waals surface area contributed by atoms with E-state index in [2.05, 4.69) is 9.97 Å². The molecular weight excluding hydrogens is 240 g/mol. The summed E-state index contributed by atoms with van der Waals surface area (Å²) in [6, 6.07) is 0. The van der Waals surface area contributed by atoms with Gasteiger partial charge in [0.05, 0.1) is 0 Å². The molecule has 0 amide bonds. The van der Waals surface area contributed by atoms with Crippen LogP contribution < -0.4 is 5.56 Å². The zero-order valence-corrected chi connectivity index (χ0v) is 12.4. The Morgan fingerprint density at radius 2 is 1.89 bits per heavy atom. The molecule has 1 aliphatic carbocycles. The fourth-order valence-electron chi connectivity index (χ4n) is 3.15. The molecule has 0 atom stereocenters. The number of nitrogens with zero attached hydrogens (tertiary/aromatic N) is 1. The standard InChI is InChI=1S/C15H24N2O2/c1-10(2)12-11(3)16-14(17-13(12)18)15(19-4)8-6-5-7-9-15/h10H,5-9H2,1-4H3,(H,16,17,18). The highest BCUT2D eigenvalue weighted by molar-refractivity contribution is 5.22. The van der Waals surface area contributed by atoms with Crippen molar-refractivity contribution < 1.29 is 4.74 Å². The summed E-state index contributed by atoms with van der Waals surface area (Å²) in [4.78, 5) is 19.9. The highest BCUT2D eigenvalue weighted by Gasteiger charge is 2.36. The van der Waals surface area contributed by atoms with Gasteiger partial charge in [-0.2, -0.15) is 0 Å². The van der Waals surface area contributed by atoms with Gasteiger partial charge in [0.2, 0.25) is 0 Å². The van der Waals surface area contributed by atoms with E-state index in [1.165, 1.54) is 6.42 Å². The SMILES string of the molecule is COC1(c2nc(C)c(C(C)C)c(=O)[nH]2)CCCCC1. The lowest BCUT2D eigenvalue weighted by Crippen LogP contribution is -2.36. The van der Waals surface area contributed by atoms with Crippen LogP contribution in [0.15, 0.2) is 4.79 Å². The largest absolute Gasteiger partial charge is 0.370 e. The number of aromatic nitrogens is 2. The molecule has 1 aliphatic rings. The first kappa shape index (κ1) is 14.3. The Morgan fingerprint density at radius 3 is 2.37 bits per heavy atom. The second-order valence-corrected chi connectivity index (χ2v) is 5.83. The second kappa shape index (κ2) is 5.45. The lowest BCUT2D eigenvalue weighted by atomic mass is 9.83. The maximum Gasteiger partial charge on any atom is 0.254 e. The van der Waals surface area contributed by atoms with Crippen molar-refractivity contribution in [3.05, 3.63) is 27.4 Å².